The summed E-state index contributed by atoms with van der Waals surface area (Å²) in [6.45, 7) is -0.246. The largest absolute Gasteiger partial charge is 0.389 e. The molecule has 1 amide bonds. The van der Waals surface area contributed by atoms with Gasteiger partial charge in [0, 0.05) is 21.1 Å². The fourth-order valence-electron chi connectivity index (χ4n) is 1.65. The first kappa shape index (κ1) is 17.0. The van der Waals surface area contributed by atoms with Crippen LogP contribution in [0.4, 0.5) is 17.2 Å². The van der Waals surface area contributed by atoms with Crippen molar-refractivity contribution >= 4 is 55.0 Å². The number of amides is 1. The van der Waals surface area contributed by atoms with Gasteiger partial charge < -0.3 is 15.4 Å². The predicted molar refractivity (Wildman–Crippen MR) is 86.0 cm³/mol. The van der Waals surface area contributed by atoms with Crippen molar-refractivity contribution in [1.82, 2.24) is 9.78 Å². The molecule has 0 unspecified atom stereocenters. The average Bonchev–Trinajstić information content (AvgIpc) is 2.91. The summed E-state index contributed by atoms with van der Waals surface area (Å²) in [7, 11) is 0. The molecule has 2 aromatic rings. The minimum absolute atomic E-state index is 0.149. The predicted octanol–water partition coefficient (Wildman–Crippen LogP) is 2.86. The zero-order valence-electron chi connectivity index (χ0n) is 11.1. The molecule has 23 heavy (non-hydrogen) atoms. The Labute approximate surface area is 145 Å². The summed E-state index contributed by atoms with van der Waals surface area (Å²) >= 11 is 6.28. The number of carbonyl (C=O) groups excluding carboxylic acids is 1. The third-order valence-electron chi connectivity index (χ3n) is 2.62. The highest BCUT2D eigenvalue weighted by atomic mass is 79.9. The van der Waals surface area contributed by atoms with E-state index in [1.54, 1.807) is 0 Å². The van der Waals surface area contributed by atoms with Crippen molar-refractivity contribution in [3.05, 3.63) is 53.6 Å². The molecule has 1 heterocycles. The van der Waals surface area contributed by atoms with Gasteiger partial charge in [0.2, 0.25) is 5.91 Å². The van der Waals surface area contributed by atoms with Crippen molar-refractivity contribution in [2.45, 2.75) is 6.54 Å². The van der Waals surface area contributed by atoms with Crippen LogP contribution < -0.4 is 5.32 Å². The lowest BCUT2D eigenvalue weighted by Gasteiger charge is -2.09. The van der Waals surface area contributed by atoms with Crippen LogP contribution in [-0.2, 0) is 11.3 Å². The molecule has 2 rings (SSSR count). The zero-order valence-corrected chi connectivity index (χ0v) is 14.3. The number of hydrogen-bond donors (Lipinski definition) is 1. The van der Waals surface area contributed by atoms with Gasteiger partial charge in [-0.15, -0.1) is 0 Å². The van der Waals surface area contributed by atoms with Crippen molar-refractivity contribution in [3.8, 4) is 0 Å². The third kappa shape index (κ3) is 4.10. The first-order chi connectivity index (χ1) is 10.8. The van der Waals surface area contributed by atoms with Crippen LogP contribution in [-0.4, -0.2) is 25.5 Å². The van der Waals surface area contributed by atoms with Gasteiger partial charge in [0.15, 0.2) is 0 Å². The van der Waals surface area contributed by atoms with E-state index in [-0.39, 0.29) is 18.1 Å². The van der Waals surface area contributed by atoms with Crippen LogP contribution in [0.3, 0.4) is 0 Å². The van der Waals surface area contributed by atoms with Gasteiger partial charge in [0.1, 0.15) is 6.54 Å². The molecular weight excluding hydrogens is 442 g/mol. The van der Waals surface area contributed by atoms with Crippen molar-refractivity contribution in [3.63, 3.8) is 0 Å². The van der Waals surface area contributed by atoms with E-state index in [1.165, 1.54) is 24.4 Å². The van der Waals surface area contributed by atoms with Crippen LogP contribution in [0.25, 0.3) is 0 Å². The lowest BCUT2D eigenvalue weighted by molar-refractivity contribution is -0.389. The molecule has 0 bridgehead atoms. The standard InChI is InChI=1S/C11H7Br2N5O5/c12-7-3-6(17(20)21)4-8(13)11(7)14-10(19)5-16-2-1-9(15-16)18(22)23/h1-4H,5H2,(H,14,19). The molecule has 10 nitrogen and oxygen atoms in total. The lowest BCUT2D eigenvalue weighted by atomic mass is 10.3. The average molecular weight is 449 g/mol. The highest BCUT2D eigenvalue weighted by molar-refractivity contribution is 9.11. The first-order valence-electron chi connectivity index (χ1n) is 5.89. The number of hydrogen-bond acceptors (Lipinski definition) is 6. The third-order valence-corrected chi connectivity index (χ3v) is 3.87. The Kier molecular flexibility index (Phi) is 5.05. The number of anilines is 1. The van der Waals surface area contributed by atoms with Crippen LogP contribution >= 0.6 is 31.9 Å². The molecule has 0 radical (unpaired) electrons. The van der Waals surface area contributed by atoms with E-state index >= 15 is 0 Å². The van der Waals surface area contributed by atoms with Gasteiger partial charge in [-0.1, -0.05) is 0 Å². The molecule has 1 aromatic heterocycles. The Balaban J connectivity index is 2.13. The van der Waals surface area contributed by atoms with Crippen LogP contribution in [0, 0.1) is 20.2 Å². The molecule has 12 heteroatoms. The van der Waals surface area contributed by atoms with E-state index in [9.17, 15) is 25.0 Å². The number of nitrogens with one attached hydrogen (secondary N) is 1. The number of non-ortho nitro benzene ring substituents is 1. The number of benzene rings is 1. The van der Waals surface area contributed by atoms with Gasteiger partial charge >= 0.3 is 5.82 Å². The monoisotopic (exact) mass is 447 g/mol. The SMILES string of the molecule is O=C(Cn1ccc([N+](=O)[O-])n1)Nc1c(Br)cc([N+](=O)[O-])cc1Br. The van der Waals surface area contributed by atoms with Gasteiger partial charge in [0.05, 0.1) is 28.0 Å². The van der Waals surface area contributed by atoms with Crippen LogP contribution in [0.15, 0.2) is 33.3 Å². The normalized spacial score (nSPS) is 10.3. The smallest absolute Gasteiger partial charge is 0.358 e. The quantitative estimate of drug-likeness (QED) is 0.552. The number of nitro groups is 2. The number of halogens is 2. The summed E-state index contributed by atoms with van der Waals surface area (Å²) in [6.07, 6.45) is 1.30. The number of aromatic nitrogens is 2. The number of carbonyl (C=O) groups is 1. The molecule has 0 aliphatic carbocycles. The van der Waals surface area contributed by atoms with E-state index in [1.807, 2.05) is 0 Å². The Morgan fingerprint density at radius 1 is 1.22 bits per heavy atom. The van der Waals surface area contributed by atoms with E-state index in [0.29, 0.717) is 14.6 Å². The maximum absolute atomic E-state index is 12.0. The second-order valence-corrected chi connectivity index (χ2v) is 5.93. The molecule has 120 valence electrons. The summed E-state index contributed by atoms with van der Waals surface area (Å²) < 4.78 is 1.75. The van der Waals surface area contributed by atoms with E-state index in [0.717, 1.165) is 4.68 Å². The molecule has 1 N–H and O–H groups in total. The number of nitrogens with zero attached hydrogens (tertiary/aromatic N) is 4. The molecule has 0 aliphatic rings. The topological polar surface area (TPSA) is 133 Å². The minimum Gasteiger partial charge on any atom is -0.358 e. The highest BCUT2D eigenvalue weighted by Gasteiger charge is 2.18. The maximum Gasteiger partial charge on any atom is 0.389 e. The Bertz CT molecular complexity index is 783. The zero-order chi connectivity index (χ0) is 17.1. The fraction of sp³-hybridized carbons (Fsp3) is 0.0909. The Morgan fingerprint density at radius 2 is 1.83 bits per heavy atom. The maximum atomic E-state index is 12.0. The summed E-state index contributed by atoms with van der Waals surface area (Å²) in [5, 5.41) is 27.4. The Hall–Kier alpha value is -2.34. The first-order valence-corrected chi connectivity index (χ1v) is 7.47. The molecule has 0 spiro atoms. The molecule has 0 saturated carbocycles. The van der Waals surface area contributed by atoms with E-state index < -0.39 is 15.8 Å². The van der Waals surface area contributed by atoms with E-state index in [2.05, 4.69) is 42.3 Å². The Morgan fingerprint density at radius 3 is 2.30 bits per heavy atom. The second-order valence-electron chi connectivity index (χ2n) is 4.22. The van der Waals surface area contributed by atoms with Crippen molar-refractivity contribution in [2.24, 2.45) is 0 Å². The van der Waals surface area contributed by atoms with Crippen molar-refractivity contribution < 1.29 is 14.6 Å². The molecule has 1 aromatic carbocycles. The van der Waals surface area contributed by atoms with E-state index in [4.69, 9.17) is 0 Å². The summed E-state index contributed by atoms with van der Waals surface area (Å²) in [4.78, 5) is 32.0. The van der Waals surface area contributed by atoms with Gasteiger partial charge in [0.25, 0.3) is 5.69 Å². The molecule has 0 saturated heterocycles. The van der Waals surface area contributed by atoms with Crippen LogP contribution in [0.5, 0.6) is 0 Å². The molecule has 0 atom stereocenters. The van der Waals surface area contributed by atoms with Gasteiger partial charge in [-0.2, -0.15) is 4.68 Å². The molecule has 0 fully saturated rings. The minimum atomic E-state index is -0.669. The highest BCUT2D eigenvalue weighted by Crippen LogP contribution is 2.35. The van der Waals surface area contributed by atoms with Crippen molar-refractivity contribution in [2.75, 3.05) is 5.32 Å². The number of nitro benzene ring substituents is 1. The van der Waals surface area contributed by atoms with Crippen molar-refractivity contribution in [1.29, 1.82) is 0 Å². The summed E-state index contributed by atoms with van der Waals surface area (Å²) in [5.74, 6) is -0.867. The fourth-order valence-corrected chi connectivity index (χ4v) is 3.01. The molecular formula is C11H7Br2N5O5. The molecule has 0 aliphatic heterocycles. The lowest BCUT2D eigenvalue weighted by Crippen LogP contribution is -2.19. The van der Waals surface area contributed by atoms with Gasteiger partial charge in [-0.25, -0.2) is 0 Å². The van der Waals surface area contributed by atoms with Crippen LogP contribution in [0.1, 0.15) is 0 Å². The van der Waals surface area contributed by atoms with Crippen LogP contribution in [0.2, 0.25) is 0 Å². The van der Waals surface area contributed by atoms with Gasteiger partial charge in [-0.3, -0.25) is 14.9 Å². The summed E-state index contributed by atoms with van der Waals surface area (Å²) in [5.41, 5.74) is 0.159. The van der Waals surface area contributed by atoms with Gasteiger partial charge in [-0.05, 0) is 36.8 Å². The second kappa shape index (κ2) is 6.83. The number of rotatable bonds is 5. The summed E-state index contributed by atoms with van der Waals surface area (Å²) in [6, 6.07) is 3.67.